The summed E-state index contributed by atoms with van der Waals surface area (Å²) in [5.41, 5.74) is 0.632. The lowest BCUT2D eigenvalue weighted by Crippen LogP contribution is -2.42. The second kappa shape index (κ2) is 8.63. The molecular formula is C23H26N2O5. The van der Waals surface area contributed by atoms with E-state index in [2.05, 4.69) is 10.6 Å². The molecule has 2 aromatic rings. The van der Waals surface area contributed by atoms with Crippen molar-refractivity contribution in [1.29, 1.82) is 0 Å². The number of hydrogen-bond donors (Lipinski definition) is 2. The van der Waals surface area contributed by atoms with E-state index in [9.17, 15) is 4.79 Å². The second-order valence-electron chi connectivity index (χ2n) is 8.06. The number of rotatable bonds is 7. The fraction of sp³-hybridized carbons (Fsp3) is 0.435. The Balaban J connectivity index is 1.10. The van der Waals surface area contributed by atoms with Crippen LogP contribution in [0.2, 0.25) is 0 Å². The molecule has 30 heavy (non-hydrogen) atoms. The van der Waals surface area contributed by atoms with Crippen LogP contribution in [0, 0.1) is 5.92 Å². The summed E-state index contributed by atoms with van der Waals surface area (Å²) in [6, 6.07) is 16.9. The summed E-state index contributed by atoms with van der Waals surface area (Å²) in [7, 11) is 0. The molecule has 4 atom stereocenters. The molecule has 7 heteroatoms. The van der Waals surface area contributed by atoms with E-state index >= 15 is 0 Å². The standard InChI is InChI=1S/C23H26N2O5/c26-23(25-16-8-10-18(11-9-16)29-17-4-2-1-3-5-17)30-20-14-28-21-19(13-27-22(20)21)24-12-15-6-7-15/h1-5,8-11,15,19-22,24H,6-7,12-14H2,(H,25,26). The summed E-state index contributed by atoms with van der Waals surface area (Å²) in [4.78, 5) is 12.3. The summed E-state index contributed by atoms with van der Waals surface area (Å²) < 4.78 is 23.1. The summed E-state index contributed by atoms with van der Waals surface area (Å²) >= 11 is 0. The molecule has 4 unspecified atom stereocenters. The Labute approximate surface area is 175 Å². The SMILES string of the molecule is O=C(Nc1ccc(Oc2ccccc2)cc1)OC1COC2C(NCC3CC3)COC12. The van der Waals surface area contributed by atoms with Crippen molar-refractivity contribution in [3.05, 3.63) is 54.6 Å². The number of fused-ring (bicyclic) bond motifs is 1. The first-order valence-corrected chi connectivity index (χ1v) is 10.5. The quantitative estimate of drug-likeness (QED) is 0.727. The minimum Gasteiger partial charge on any atom is -0.457 e. The maximum absolute atomic E-state index is 12.3. The molecule has 158 valence electrons. The highest BCUT2D eigenvalue weighted by molar-refractivity contribution is 5.84. The highest BCUT2D eigenvalue weighted by Gasteiger charge is 2.49. The molecule has 5 rings (SSSR count). The third-order valence-electron chi connectivity index (χ3n) is 5.71. The molecule has 1 amide bonds. The van der Waals surface area contributed by atoms with Crippen molar-refractivity contribution in [2.75, 3.05) is 25.1 Å². The summed E-state index contributed by atoms with van der Waals surface area (Å²) in [6.45, 7) is 1.96. The lowest BCUT2D eigenvalue weighted by Gasteiger charge is -2.18. The normalized spacial score (nSPS) is 27.5. The van der Waals surface area contributed by atoms with Crippen molar-refractivity contribution in [2.45, 2.75) is 37.2 Å². The number of carbonyl (C=O) groups is 1. The van der Waals surface area contributed by atoms with E-state index in [1.54, 1.807) is 24.3 Å². The van der Waals surface area contributed by atoms with Gasteiger partial charge in [-0.3, -0.25) is 5.32 Å². The Kier molecular flexibility index (Phi) is 5.57. The largest absolute Gasteiger partial charge is 0.457 e. The Morgan fingerprint density at radius 1 is 0.933 bits per heavy atom. The highest BCUT2D eigenvalue weighted by atomic mass is 16.6. The number of ether oxygens (including phenoxy) is 4. The van der Waals surface area contributed by atoms with Gasteiger partial charge in [0.25, 0.3) is 0 Å². The molecule has 2 aliphatic heterocycles. The molecule has 2 N–H and O–H groups in total. The van der Waals surface area contributed by atoms with Crippen LogP contribution in [0.5, 0.6) is 11.5 Å². The minimum absolute atomic E-state index is 0.0593. The van der Waals surface area contributed by atoms with Crippen LogP contribution in [0.25, 0.3) is 0 Å². The van der Waals surface area contributed by atoms with Crippen LogP contribution in [-0.2, 0) is 14.2 Å². The van der Waals surface area contributed by atoms with Crippen molar-refractivity contribution in [3.63, 3.8) is 0 Å². The molecule has 3 aliphatic rings. The lowest BCUT2D eigenvalue weighted by atomic mass is 10.1. The number of carbonyl (C=O) groups excluding carboxylic acids is 1. The van der Waals surface area contributed by atoms with Gasteiger partial charge in [0.15, 0.2) is 6.10 Å². The van der Waals surface area contributed by atoms with E-state index in [1.807, 2.05) is 30.3 Å². The van der Waals surface area contributed by atoms with Gasteiger partial charge in [-0.05, 0) is 61.7 Å². The van der Waals surface area contributed by atoms with Crippen LogP contribution in [0.1, 0.15) is 12.8 Å². The summed E-state index contributed by atoms with van der Waals surface area (Å²) in [6.07, 6.45) is 1.43. The van der Waals surface area contributed by atoms with Gasteiger partial charge in [0, 0.05) is 5.69 Å². The van der Waals surface area contributed by atoms with E-state index in [-0.39, 0.29) is 18.2 Å². The fourth-order valence-electron chi connectivity index (χ4n) is 3.90. The van der Waals surface area contributed by atoms with Gasteiger partial charge in [-0.15, -0.1) is 0 Å². The topological polar surface area (TPSA) is 78.1 Å². The van der Waals surface area contributed by atoms with Crippen LogP contribution in [0.3, 0.4) is 0 Å². The van der Waals surface area contributed by atoms with Crippen LogP contribution >= 0.6 is 0 Å². The highest BCUT2D eigenvalue weighted by Crippen LogP contribution is 2.32. The van der Waals surface area contributed by atoms with Crippen molar-refractivity contribution in [1.82, 2.24) is 5.32 Å². The van der Waals surface area contributed by atoms with Crippen LogP contribution in [0.4, 0.5) is 10.5 Å². The molecule has 7 nitrogen and oxygen atoms in total. The lowest BCUT2D eigenvalue weighted by molar-refractivity contribution is 0.00856. The molecule has 2 heterocycles. The zero-order chi connectivity index (χ0) is 20.3. The molecule has 0 bridgehead atoms. The minimum atomic E-state index is -0.515. The number of benzene rings is 2. The van der Waals surface area contributed by atoms with Crippen molar-refractivity contribution >= 4 is 11.8 Å². The maximum atomic E-state index is 12.3. The van der Waals surface area contributed by atoms with Gasteiger partial charge in [-0.1, -0.05) is 18.2 Å². The fourth-order valence-corrected chi connectivity index (χ4v) is 3.90. The smallest absolute Gasteiger partial charge is 0.412 e. The zero-order valence-electron chi connectivity index (χ0n) is 16.7. The number of anilines is 1. The predicted molar refractivity (Wildman–Crippen MR) is 111 cm³/mol. The Hall–Kier alpha value is -2.61. The predicted octanol–water partition coefficient (Wildman–Crippen LogP) is 3.56. The Bertz CT molecular complexity index is 856. The molecule has 1 saturated carbocycles. The van der Waals surface area contributed by atoms with E-state index in [0.717, 1.165) is 18.2 Å². The van der Waals surface area contributed by atoms with E-state index < -0.39 is 12.2 Å². The molecule has 2 saturated heterocycles. The molecule has 0 radical (unpaired) electrons. The monoisotopic (exact) mass is 410 g/mol. The summed E-state index contributed by atoms with van der Waals surface area (Å²) in [5.74, 6) is 2.25. The van der Waals surface area contributed by atoms with Gasteiger partial charge in [0.1, 0.15) is 23.7 Å². The molecule has 3 fully saturated rings. The van der Waals surface area contributed by atoms with Gasteiger partial charge < -0.3 is 24.3 Å². The Morgan fingerprint density at radius 3 is 2.43 bits per heavy atom. The molecule has 1 aliphatic carbocycles. The average Bonchev–Trinajstić information content (AvgIpc) is 3.38. The van der Waals surface area contributed by atoms with Crippen LogP contribution in [-0.4, -0.2) is 50.2 Å². The molecule has 2 aromatic carbocycles. The van der Waals surface area contributed by atoms with Crippen molar-refractivity contribution in [2.24, 2.45) is 5.92 Å². The molecular weight excluding hydrogens is 384 g/mol. The van der Waals surface area contributed by atoms with E-state index in [4.69, 9.17) is 18.9 Å². The van der Waals surface area contributed by atoms with Crippen molar-refractivity contribution in [3.8, 4) is 11.5 Å². The molecule has 0 aromatic heterocycles. The van der Waals surface area contributed by atoms with Gasteiger partial charge in [0.2, 0.25) is 0 Å². The number of amides is 1. The van der Waals surface area contributed by atoms with Crippen molar-refractivity contribution < 1.29 is 23.7 Å². The van der Waals surface area contributed by atoms with Gasteiger partial charge >= 0.3 is 6.09 Å². The van der Waals surface area contributed by atoms with Gasteiger partial charge in [-0.2, -0.15) is 0 Å². The number of para-hydroxylation sites is 1. The second-order valence-corrected chi connectivity index (χ2v) is 8.06. The maximum Gasteiger partial charge on any atom is 0.412 e. The zero-order valence-corrected chi connectivity index (χ0v) is 16.7. The van der Waals surface area contributed by atoms with Gasteiger partial charge in [0.05, 0.1) is 19.3 Å². The number of nitrogens with one attached hydrogen (secondary N) is 2. The first-order valence-electron chi connectivity index (χ1n) is 10.5. The van der Waals surface area contributed by atoms with E-state index in [0.29, 0.717) is 24.7 Å². The first kappa shape index (κ1) is 19.4. The third-order valence-corrected chi connectivity index (χ3v) is 5.71. The number of hydrogen-bond acceptors (Lipinski definition) is 6. The van der Waals surface area contributed by atoms with E-state index in [1.165, 1.54) is 12.8 Å². The molecule has 0 spiro atoms. The van der Waals surface area contributed by atoms with Gasteiger partial charge in [-0.25, -0.2) is 4.79 Å². The first-order chi connectivity index (χ1) is 14.7. The van der Waals surface area contributed by atoms with Crippen LogP contribution < -0.4 is 15.4 Å². The third kappa shape index (κ3) is 4.59. The Morgan fingerprint density at radius 2 is 1.67 bits per heavy atom. The van der Waals surface area contributed by atoms with Crippen LogP contribution in [0.15, 0.2) is 54.6 Å². The summed E-state index contributed by atoms with van der Waals surface area (Å²) in [5, 5.41) is 6.29. The average molecular weight is 410 g/mol.